The van der Waals surface area contributed by atoms with E-state index in [4.69, 9.17) is 0 Å². The molecule has 0 unspecified atom stereocenters. The van der Waals surface area contributed by atoms with E-state index in [0.29, 0.717) is 0 Å². The van der Waals surface area contributed by atoms with Gasteiger partial charge in [0.15, 0.2) is 0 Å². The van der Waals surface area contributed by atoms with E-state index in [2.05, 4.69) is 31.0 Å². The van der Waals surface area contributed by atoms with Crippen LogP contribution in [0.15, 0.2) is 11.4 Å². The predicted molar refractivity (Wildman–Crippen MR) is 75.4 cm³/mol. The van der Waals surface area contributed by atoms with Crippen LogP contribution in [-0.2, 0) is 6.42 Å². The van der Waals surface area contributed by atoms with E-state index in [1.165, 1.54) is 0 Å². The van der Waals surface area contributed by atoms with E-state index in [1.807, 2.05) is 27.0 Å². The highest BCUT2D eigenvalue weighted by molar-refractivity contribution is 7.09. The standard InChI is InChI=1S/C12H17N5S/c1-8-15-11(13-3)6-12(16-8)14-5-4-10-7-18-9(2)17-10/h6-7H,4-5H2,1-3H3,(H2,13,14,15,16). The van der Waals surface area contributed by atoms with Crippen LogP contribution in [-0.4, -0.2) is 28.5 Å². The first-order chi connectivity index (χ1) is 8.67. The first-order valence-electron chi connectivity index (χ1n) is 5.85. The molecule has 0 amide bonds. The van der Waals surface area contributed by atoms with E-state index < -0.39 is 0 Å². The van der Waals surface area contributed by atoms with Gasteiger partial charge in [0.05, 0.1) is 10.7 Å². The molecule has 0 aliphatic carbocycles. The third-order valence-corrected chi connectivity index (χ3v) is 3.27. The smallest absolute Gasteiger partial charge is 0.131 e. The van der Waals surface area contributed by atoms with Crippen molar-refractivity contribution in [2.75, 3.05) is 24.2 Å². The van der Waals surface area contributed by atoms with Crippen LogP contribution in [0, 0.1) is 13.8 Å². The molecule has 0 fully saturated rings. The normalized spacial score (nSPS) is 10.4. The Morgan fingerprint density at radius 3 is 2.61 bits per heavy atom. The minimum absolute atomic E-state index is 0.758. The van der Waals surface area contributed by atoms with Gasteiger partial charge in [0.2, 0.25) is 0 Å². The number of anilines is 2. The highest BCUT2D eigenvalue weighted by Crippen LogP contribution is 2.11. The molecule has 18 heavy (non-hydrogen) atoms. The van der Waals surface area contributed by atoms with Gasteiger partial charge in [-0.2, -0.15) is 0 Å². The van der Waals surface area contributed by atoms with Gasteiger partial charge in [-0.15, -0.1) is 11.3 Å². The Bertz CT molecular complexity index is 523. The van der Waals surface area contributed by atoms with Gasteiger partial charge in [-0.3, -0.25) is 0 Å². The van der Waals surface area contributed by atoms with Crippen molar-refractivity contribution < 1.29 is 0 Å². The van der Waals surface area contributed by atoms with Crippen molar-refractivity contribution in [2.24, 2.45) is 0 Å². The maximum absolute atomic E-state index is 4.43. The molecule has 0 bridgehead atoms. The van der Waals surface area contributed by atoms with Crippen LogP contribution in [0.25, 0.3) is 0 Å². The zero-order valence-corrected chi connectivity index (χ0v) is 11.6. The zero-order valence-electron chi connectivity index (χ0n) is 10.8. The molecule has 0 aliphatic heterocycles. The maximum atomic E-state index is 4.43. The van der Waals surface area contributed by atoms with Crippen LogP contribution in [0.4, 0.5) is 11.6 Å². The molecule has 2 aromatic heterocycles. The van der Waals surface area contributed by atoms with Gasteiger partial charge in [-0.05, 0) is 13.8 Å². The van der Waals surface area contributed by atoms with E-state index in [-0.39, 0.29) is 0 Å². The Hall–Kier alpha value is -1.69. The fourth-order valence-electron chi connectivity index (χ4n) is 1.63. The second-order valence-corrected chi connectivity index (χ2v) is 5.03. The van der Waals surface area contributed by atoms with Crippen LogP contribution in [0.2, 0.25) is 0 Å². The summed E-state index contributed by atoms with van der Waals surface area (Å²) in [6.45, 7) is 4.73. The summed E-state index contributed by atoms with van der Waals surface area (Å²) < 4.78 is 0. The lowest BCUT2D eigenvalue weighted by Gasteiger charge is -2.07. The van der Waals surface area contributed by atoms with E-state index >= 15 is 0 Å². The van der Waals surface area contributed by atoms with Crippen LogP contribution in [0.1, 0.15) is 16.5 Å². The quantitative estimate of drug-likeness (QED) is 0.866. The molecule has 0 spiro atoms. The van der Waals surface area contributed by atoms with Crippen molar-refractivity contribution in [3.8, 4) is 0 Å². The topological polar surface area (TPSA) is 62.7 Å². The summed E-state index contributed by atoms with van der Waals surface area (Å²) in [7, 11) is 1.85. The van der Waals surface area contributed by atoms with Crippen LogP contribution >= 0.6 is 11.3 Å². The summed E-state index contributed by atoms with van der Waals surface area (Å²) in [4.78, 5) is 13.0. The molecular formula is C12H17N5S. The van der Waals surface area contributed by atoms with Gasteiger partial charge in [-0.1, -0.05) is 0 Å². The number of nitrogens with one attached hydrogen (secondary N) is 2. The minimum Gasteiger partial charge on any atom is -0.373 e. The number of nitrogens with zero attached hydrogens (tertiary/aromatic N) is 3. The average molecular weight is 263 g/mol. The largest absolute Gasteiger partial charge is 0.373 e. The molecule has 2 rings (SSSR count). The van der Waals surface area contributed by atoms with Crippen LogP contribution in [0.3, 0.4) is 0 Å². The van der Waals surface area contributed by atoms with Crippen molar-refractivity contribution >= 4 is 23.0 Å². The van der Waals surface area contributed by atoms with Crippen molar-refractivity contribution in [3.05, 3.63) is 28.0 Å². The van der Waals surface area contributed by atoms with E-state index in [0.717, 1.165) is 41.1 Å². The van der Waals surface area contributed by atoms with Crippen LogP contribution < -0.4 is 10.6 Å². The third-order valence-electron chi connectivity index (χ3n) is 2.45. The number of aryl methyl sites for hydroxylation is 2. The van der Waals surface area contributed by atoms with Gasteiger partial charge >= 0.3 is 0 Å². The zero-order chi connectivity index (χ0) is 13.0. The van der Waals surface area contributed by atoms with Crippen molar-refractivity contribution in [1.82, 2.24) is 15.0 Å². The molecular weight excluding hydrogens is 246 g/mol. The van der Waals surface area contributed by atoms with Gasteiger partial charge in [0, 0.05) is 31.5 Å². The molecule has 0 radical (unpaired) electrons. The molecule has 0 aliphatic rings. The van der Waals surface area contributed by atoms with E-state index in [1.54, 1.807) is 11.3 Å². The highest BCUT2D eigenvalue weighted by Gasteiger charge is 2.01. The van der Waals surface area contributed by atoms with E-state index in [9.17, 15) is 0 Å². The fraction of sp³-hybridized carbons (Fsp3) is 0.417. The molecule has 2 aromatic rings. The Morgan fingerprint density at radius 1 is 1.17 bits per heavy atom. The van der Waals surface area contributed by atoms with Gasteiger partial charge in [0.1, 0.15) is 17.5 Å². The van der Waals surface area contributed by atoms with Crippen molar-refractivity contribution in [3.63, 3.8) is 0 Å². The first kappa shape index (κ1) is 12.8. The Labute approximate surface area is 111 Å². The summed E-state index contributed by atoms with van der Waals surface area (Å²) in [6, 6.07) is 1.90. The number of rotatable bonds is 5. The molecule has 5 nitrogen and oxygen atoms in total. The van der Waals surface area contributed by atoms with Crippen LogP contribution in [0.5, 0.6) is 0 Å². The van der Waals surface area contributed by atoms with Gasteiger partial charge in [0.25, 0.3) is 0 Å². The summed E-state index contributed by atoms with van der Waals surface area (Å²) in [5.41, 5.74) is 1.13. The maximum Gasteiger partial charge on any atom is 0.131 e. The monoisotopic (exact) mass is 263 g/mol. The van der Waals surface area contributed by atoms with Gasteiger partial charge in [-0.25, -0.2) is 15.0 Å². The molecule has 96 valence electrons. The number of thiazole rings is 1. The third kappa shape index (κ3) is 3.40. The molecule has 0 saturated heterocycles. The molecule has 6 heteroatoms. The number of hydrogen-bond donors (Lipinski definition) is 2. The van der Waals surface area contributed by atoms with Gasteiger partial charge < -0.3 is 10.6 Å². The highest BCUT2D eigenvalue weighted by atomic mass is 32.1. The summed E-state index contributed by atoms with van der Waals surface area (Å²) in [5.74, 6) is 2.43. The molecule has 0 atom stereocenters. The molecule has 0 aromatic carbocycles. The molecule has 2 heterocycles. The lowest BCUT2D eigenvalue weighted by molar-refractivity contribution is 0.949. The Balaban J connectivity index is 1.91. The SMILES string of the molecule is CNc1cc(NCCc2csc(C)n2)nc(C)n1. The lowest BCUT2D eigenvalue weighted by Crippen LogP contribution is -2.08. The minimum atomic E-state index is 0.758. The lowest BCUT2D eigenvalue weighted by atomic mass is 10.3. The number of hydrogen-bond acceptors (Lipinski definition) is 6. The summed E-state index contributed by atoms with van der Waals surface area (Å²) in [6.07, 6.45) is 0.905. The summed E-state index contributed by atoms with van der Waals surface area (Å²) in [5, 5.41) is 9.52. The fourth-order valence-corrected chi connectivity index (χ4v) is 2.28. The number of aromatic nitrogens is 3. The van der Waals surface area contributed by atoms with Crippen molar-refractivity contribution in [2.45, 2.75) is 20.3 Å². The van der Waals surface area contributed by atoms with Crippen molar-refractivity contribution in [1.29, 1.82) is 0 Å². The second-order valence-electron chi connectivity index (χ2n) is 3.97. The predicted octanol–water partition coefficient (Wildman–Crippen LogP) is 2.25. The molecule has 0 saturated carbocycles. The Morgan fingerprint density at radius 2 is 1.94 bits per heavy atom. The first-order valence-corrected chi connectivity index (χ1v) is 6.73. The average Bonchev–Trinajstić information content (AvgIpc) is 2.74. The second kappa shape index (κ2) is 5.77. The summed E-state index contributed by atoms with van der Waals surface area (Å²) >= 11 is 1.68. The Kier molecular flexibility index (Phi) is 4.09. The molecule has 2 N–H and O–H groups in total.